The van der Waals surface area contributed by atoms with Gasteiger partial charge in [0.25, 0.3) is 0 Å². The van der Waals surface area contributed by atoms with Gasteiger partial charge in [0.05, 0.1) is 6.61 Å². The first-order valence-corrected chi connectivity index (χ1v) is 7.25. The van der Waals surface area contributed by atoms with Crippen LogP contribution >= 0.6 is 0 Å². The lowest BCUT2D eigenvalue weighted by atomic mass is 9.81. The first-order chi connectivity index (χ1) is 9.28. The number of aliphatic hydroxyl groups excluding tert-OH is 1. The summed E-state index contributed by atoms with van der Waals surface area (Å²) in [5.41, 5.74) is 2.69. The normalized spacial score (nSPS) is 18.4. The second kappa shape index (κ2) is 7.04. The van der Waals surface area contributed by atoms with Crippen LogP contribution in [0.3, 0.4) is 0 Å². The Kier molecular flexibility index (Phi) is 5.37. The van der Waals surface area contributed by atoms with E-state index in [1.807, 2.05) is 0 Å². The Morgan fingerprint density at radius 3 is 2.37 bits per heavy atom. The fraction of sp³-hybridized carbons (Fsp3) is 0.625. The van der Waals surface area contributed by atoms with Crippen molar-refractivity contribution < 1.29 is 9.84 Å². The fourth-order valence-corrected chi connectivity index (χ4v) is 2.56. The summed E-state index contributed by atoms with van der Waals surface area (Å²) in [7, 11) is 0. The van der Waals surface area contributed by atoms with Gasteiger partial charge in [-0.15, -0.1) is 0 Å². The average Bonchev–Trinajstić information content (AvgIpc) is 2.49. The lowest BCUT2D eigenvalue weighted by molar-refractivity contribution is -0.0154. The van der Waals surface area contributed by atoms with Crippen LogP contribution in [-0.2, 0) is 17.7 Å². The molecule has 1 heterocycles. The van der Waals surface area contributed by atoms with Crippen LogP contribution in [0.25, 0.3) is 0 Å². The first kappa shape index (κ1) is 14.5. The number of ether oxygens (including phenoxy) is 1. The van der Waals surface area contributed by atoms with Crippen LogP contribution in [0, 0.1) is 5.41 Å². The smallest absolute Gasteiger partial charge is 0.0501 e. The van der Waals surface area contributed by atoms with Crippen molar-refractivity contribution in [3.05, 3.63) is 35.4 Å². The number of aryl methyl sites for hydroxylation is 1. The number of aliphatic hydroxyl groups is 1. The van der Waals surface area contributed by atoms with Crippen LogP contribution < -0.4 is 5.32 Å². The fourth-order valence-electron chi connectivity index (χ4n) is 2.56. The average molecular weight is 263 g/mol. The van der Waals surface area contributed by atoms with Gasteiger partial charge in [0.15, 0.2) is 0 Å². The SMILES string of the molecule is CCc1ccc(CNCC2(CO)CCOCC2)cc1. The molecular weight excluding hydrogens is 238 g/mol. The number of benzene rings is 1. The Morgan fingerprint density at radius 2 is 1.79 bits per heavy atom. The molecule has 106 valence electrons. The molecule has 0 bridgehead atoms. The molecule has 0 aromatic heterocycles. The molecule has 3 nitrogen and oxygen atoms in total. The highest BCUT2D eigenvalue weighted by Crippen LogP contribution is 2.29. The monoisotopic (exact) mass is 263 g/mol. The van der Waals surface area contributed by atoms with Crippen molar-refractivity contribution in [3.63, 3.8) is 0 Å². The van der Waals surface area contributed by atoms with E-state index in [9.17, 15) is 5.11 Å². The summed E-state index contributed by atoms with van der Waals surface area (Å²) in [5.74, 6) is 0. The highest BCUT2D eigenvalue weighted by atomic mass is 16.5. The van der Waals surface area contributed by atoms with E-state index in [0.29, 0.717) is 0 Å². The maximum atomic E-state index is 9.61. The summed E-state index contributed by atoms with van der Waals surface area (Å²) < 4.78 is 5.38. The van der Waals surface area contributed by atoms with Crippen LogP contribution in [0.4, 0.5) is 0 Å². The van der Waals surface area contributed by atoms with E-state index in [-0.39, 0.29) is 12.0 Å². The number of rotatable bonds is 6. The largest absolute Gasteiger partial charge is 0.396 e. The third-order valence-corrected chi connectivity index (χ3v) is 4.15. The van der Waals surface area contributed by atoms with E-state index >= 15 is 0 Å². The molecule has 3 heteroatoms. The highest BCUT2D eigenvalue weighted by Gasteiger charge is 2.31. The van der Waals surface area contributed by atoms with Gasteiger partial charge in [-0.25, -0.2) is 0 Å². The molecule has 1 aromatic carbocycles. The molecule has 1 saturated heterocycles. The molecule has 19 heavy (non-hydrogen) atoms. The predicted octanol–water partition coefficient (Wildman–Crippen LogP) is 2.13. The van der Waals surface area contributed by atoms with Gasteiger partial charge in [-0.1, -0.05) is 31.2 Å². The molecule has 1 aliphatic heterocycles. The molecule has 1 aromatic rings. The van der Waals surface area contributed by atoms with Crippen LogP contribution in [0.1, 0.15) is 30.9 Å². The van der Waals surface area contributed by atoms with E-state index < -0.39 is 0 Å². The van der Waals surface area contributed by atoms with E-state index in [1.165, 1.54) is 11.1 Å². The molecule has 0 saturated carbocycles. The summed E-state index contributed by atoms with van der Waals surface area (Å²) >= 11 is 0. The van der Waals surface area contributed by atoms with Gasteiger partial charge in [0.2, 0.25) is 0 Å². The minimum absolute atomic E-state index is 0.0155. The van der Waals surface area contributed by atoms with E-state index in [4.69, 9.17) is 4.74 Å². The third-order valence-electron chi connectivity index (χ3n) is 4.15. The quantitative estimate of drug-likeness (QED) is 0.826. The Hall–Kier alpha value is -0.900. The van der Waals surface area contributed by atoms with Crippen LogP contribution in [0.2, 0.25) is 0 Å². The summed E-state index contributed by atoms with van der Waals surface area (Å²) in [4.78, 5) is 0. The molecule has 0 atom stereocenters. The van der Waals surface area contributed by atoms with Gasteiger partial charge in [-0.3, -0.25) is 0 Å². The first-order valence-electron chi connectivity index (χ1n) is 7.25. The lowest BCUT2D eigenvalue weighted by Gasteiger charge is -2.35. The molecular formula is C16H25NO2. The second-order valence-corrected chi connectivity index (χ2v) is 5.54. The molecule has 0 radical (unpaired) electrons. The Balaban J connectivity index is 1.81. The zero-order chi connectivity index (χ0) is 13.6. The van der Waals surface area contributed by atoms with Crippen LogP contribution in [0.5, 0.6) is 0 Å². The summed E-state index contributed by atoms with van der Waals surface area (Å²) in [5, 5.41) is 13.1. The summed E-state index contributed by atoms with van der Waals surface area (Å²) in [6.07, 6.45) is 2.98. The van der Waals surface area contributed by atoms with Crippen LogP contribution in [0.15, 0.2) is 24.3 Å². The standard InChI is InChI=1S/C16H25NO2/c1-2-14-3-5-15(6-4-14)11-17-12-16(13-18)7-9-19-10-8-16/h3-6,17-18H,2,7-13H2,1H3. The van der Waals surface area contributed by atoms with Gasteiger partial charge in [0, 0.05) is 31.7 Å². The molecule has 2 N–H and O–H groups in total. The van der Waals surface area contributed by atoms with Gasteiger partial charge in [0.1, 0.15) is 0 Å². The van der Waals surface area contributed by atoms with Crippen molar-refractivity contribution in [1.29, 1.82) is 0 Å². The van der Waals surface area contributed by atoms with Gasteiger partial charge in [-0.05, 0) is 30.4 Å². The summed E-state index contributed by atoms with van der Waals surface area (Å²) in [6.45, 7) is 5.69. The molecule has 0 unspecified atom stereocenters. The minimum Gasteiger partial charge on any atom is -0.396 e. The zero-order valence-corrected chi connectivity index (χ0v) is 11.8. The molecule has 2 rings (SSSR count). The lowest BCUT2D eigenvalue weighted by Crippen LogP contribution is -2.41. The number of hydrogen-bond acceptors (Lipinski definition) is 3. The molecule has 0 spiro atoms. The summed E-state index contributed by atoms with van der Waals surface area (Å²) in [6, 6.07) is 8.74. The predicted molar refractivity (Wildman–Crippen MR) is 77.1 cm³/mol. The van der Waals surface area contributed by atoms with E-state index in [0.717, 1.165) is 45.6 Å². The Bertz CT molecular complexity index is 369. The molecule has 0 amide bonds. The van der Waals surface area contributed by atoms with Gasteiger partial charge < -0.3 is 15.2 Å². The maximum Gasteiger partial charge on any atom is 0.0501 e. The van der Waals surface area contributed by atoms with Crippen molar-refractivity contribution in [2.45, 2.75) is 32.7 Å². The van der Waals surface area contributed by atoms with Crippen molar-refractivity contribution in [2.24, 2.45) is 5.41 Å². The Morgan fingerprint density at radius 1 is 1.16 bits per heavy atom. The van der Waals surface area contributed by atoms with Crippen LogP contribution in [-0.4, -0.2) is 31.5 Å². The zero-order valence-electron chi connectivity index (χ0n) is 11.8. The third kappa shape index (κ3) is 4.03. The van der Waals surface area contributed by atoms with E-state index in [1.54, 1.807) is 0 Å². The van der Waals surface area contributed by atoms with Gasteiger partial charge >= 0.3 is 0 Å². The topological polar surface area (TPSA) is 41.5 Å². The second-order valence-electron chi connectivity index (χ2n) is 5.54. The van der Waals surface area contributed by atoms with Crippen molar-refractivity contribution in [2.75, 3.05) is 26.4 Å². The maximum absolute atomic E-state index is 9.61. The number of hydrogen-bond donors (Lipinski definition) is 2. The van der Waals surface area contributed by atoms with E-state index in [2.05, 4.69) is 36.5 Å². The highest BCUT2D eigenvalue weighted by molar-refractivity contribution is 5.22. The molecule has 0 aliphatic carbocycles. The number of nitrogens with one attached hydrogen (secondary N) is 1. The Labute approximate surface area is 116 Å². The van der Waals surface area contributed by atoms with Crippen molar-refractivity contribution in [3.8, 4) is 0 Å². The molecule has 1 aliphatic rings. The minimum atomic E-state index is 0.0155. The van der Waals surface area contributed by atoms with Gasteiger partial charge in [-0.2, -0.15) is 0 Å². The van der Waals surface area contributed by atoms with Crippen molar-refractivity contribution >= 4 is 0 Å². The molecule has 1 fully saturated rings. The van der Waals surface area contributed by atoms with Crippen molar-refractivity contribution in [1.82, 2.24) is 5.32 Å².